The van der Waals surface area contributed by atoms with Gasteiger partial charge in [0.25, 0.3) is 5.56 Å². The number of nitrogens with two attached hydrogens (primary N) is 1. The van der Waals surface area contributed by atoms with Crippen LogP contribution in [-0.4, -0.2) is 43.6 Å². The van der Waals surface area contributed by atoms with E-state index in [1.807, 2.05) is 0 Å². The third-order valence-corrected chi connectivity index (χ3v) is 6.47. The van der Waals surface area contributed by atoms with E-state index in [1.54, 1.807) is 4.90 Å². The molecule has 0 amide bonds. The zero-order valence-electron chi connectivity index (χ0n) is 15.7. The van der Waals surface area contributed by atoms with Crippen LogP contribution in [0.4, 0.5) is 10.1 Å². The summed E-state index contributed by atoms with van der Waals surface area (Å²) in [5.74, 6) is 4.90. The second kappa shape index (κ2) is 6.99. The maximum absolute atomic E-state index is 15.0. The minimum absolute atomic E-state index is 0.00146. The topological polar surface area (TPSA) is 119 Å². The number of anilines is 1. The lowest BCUT2D eigenvalue weighted by molar-refractivity contribution is 0.544. The Hall–Kier alpha value is -2.11. The van der Waals surface area contributed by atoms with Gasteiger partial charge in [0.05, 0.1) is 27.9 Å². The fourth-order valence-corrected chi connectivity index (χ4v) is 4.80. The van der Waals surface area contributed by atoms with Crippen LogP contribution in [-0.2, 0) is 10.0 Å². The van der Waals surface area contributed by atoms with Crippen LogP contribution in [0.5, 0.6) is 0 Å². The molecular formula is C17H21ClFN5O4S. The highest BCUT2D eigenvalue weighted by molar-refractivity contribution is 7.88. The first-order valence-corrected chi connectivity index (χ1v) is 11.5. The smallest absolute Gasteiger partial charge is 0.350 e. The molecule has 1 saturated carbocycles. The number of sulfonamides is 1. The molecule has 158 valence electrons. The Bertz CT molecular complexity index is 1220. The van der Waals surface area contributed by atoms with Crippen molar-refractivity contribution in [1.82, 2.24) is 14.0 Å². The van der Waals surface area contributed by atoms with Gasteiger partial charge in [-0.15, -0.1) is 0 Å². The first-order valence-electron chi connectivity index (χ1n) is 9.22. The Balaban J connectivity index is 1.79. The molecule has 0 spiro atoms. The van der Waals surface area contributed by atoms with E-state index in [4.69, 9.17) is 17.4 Å². The van der Waals surface area contributed by atoms with Gasteiger partial charge < -0.3 is 10.7 Å². The van der Waals surface area contributed by atoms with Crippen LogP contribution in [0.15, 0.2) is 15.7 Å². The van der Waals surface area contributed by atoms with Crippen molar-refractivity contribution in [2.45, 2.75) is 25.3 Å². The van der Waals surface area contributed by atoms with Crippen LogP contribution in [0.3, 0.4) is 0 Å². The number of rotatable bonds is 5. The Morgan fingerprint density at radius 3 is 2.62 bits per heavy atom. The van der Waals surface area contributed by atoms with Crippen molar-refractivity contribution >= 4 is 38.2 Å². The summed E-state index contributed by atoms with van der Waals surface area (Å²) >= 11 is 6.56. The molecule has 9 nitrogen and oxygen atoms in total. The molecule has 1 aliphatic heterocycles. The van der Waals surface area contributed by atoms with Crippen molar-refractivity contribution < 1.29 is 12.8 Å². The van der Waals surface area contributed by atoms with Crippen molar-refractivity contribution in [3.8, 4) is 0 Å². The maximum Gasteiger partial charge on any atom is 0.350 e. The van der Waals surface area contributed by atoms with Gasteiger partial charge in [-0.25, -0.2) is 22.3 Å². The van der Waals surface area contributed by atoms with E-state index in [2.05, 4.69) is 4.72 Å². The lowest BCUT2D eigenvalue weighted by Gasteiger charge is -2.23. The molecule has 1 aromatic carbocycles. The minimum atomic E-state index is -3.32. The number of nitrogen functional groups attached to an aromatic ring is 1. The summed E-state index contributed by atoms with van der Waals surface area (Å²) < 4.78 is 41.9. The third-order valence-electron chi connectivity index (χ3n) is 5.42. The molecule has 29 heavy (non-hydrogen) atoms. The molecule has 3 N–H and O–H groups in total. The largest absolute Gasteiger partial charge is 0.368 e. The molecule has 12 heteroatoms. The highest BCUT2D eigenvalue weighted by Crippen LogP contribution is 2.41. The molecule has 2 aromatic rings. The van der Waals surface area contributed by atoms with Gasteiger partial charge >= 0.3 is 5.69 Å². The van der Waals surface area contributed by atoms with E-state index in [0.29, 0.717) is 24.2 Å². The molecule has 4 rings (SSSR count). The molecule has 1 saturated heterocycles. The molecular weight excluding hydrogens is 425 g/mol. The fraction of sp³-hybridized carbons (Fsp3) is 0.529. The molecule has 1 unspecified atom stereocenters. The first kappa shape index (κ1) is 20.2. The monoisotopic (exact) mass is 445 g/mol. The van der Waals surface area contributed by atoms with Crippen molar-refractivity contribution in [2.75, 3.05) is 36.6 Å². The summed E-state index contributed by atoms with van der Waals surface area (Å²) in [5.41, 5.74) is -1.17. The normalized spacial score (nSPS) is 20.0. The molecule has 2 fully saturated rings. The van der Waals surface area contributed by atoms with Crippen LogP contribution in [0.2, 0.25) is 5.02 Å². The lowest BCUT2D eigenvalue weighted by Crippen LogP contribution is -2.44. The van der Waals surface area contributed by atoms with Gasteiger partial charge in [-0.05, 0) is 31.2 Å². The molecule has 1 atom stereocenters. The summed E-state index contributed by atoms with van der Waals surface area (Å²) in [7, 11) is -3.32. The zero-order chi connectivity index (χ0) is 21.1. The molecule has 1 aliphatic carbocycles. The number of nitrogens with zero attached hydrogens (tertiary/aromatic N) is 3. The Labute approximate surface area is 170 Å². The number of halogens is 2. The summed E-state index contributed by atoms with van der Waals surface area (Å²) in [6, 6.07) is 0.948. The van der Waals surface area contributed by atoms with Crippen molar-refractivity contribution in [2.24, 2.45) is 5.92 Å². The van der Waals surface area contributed by atoms with Crippen LogP contribution in [0.25, 0.3) is 10.9 Å². The summed E-state index contributed by atoms with van der Waals surface area (Å²) in [6.45, 7) is 1.11. The van der Waals surface area contributed by atoms with Gasteiger partial charge in [0.2, 0.25) is 10.0 Å². The zero-order valence-corrected chi connectivity index (χ0v) is 17.3. The van der Waals surface area contributed by atoms with Crippen molar-refractivity contribution in [1.29, 1.82) is 0 Å². The Morgan fingerprint density at radius 2 is 2.00 bits per heavy atom. The molecule has 1 aromatic heterocycles. The van der Waals surface area contributed by atoms with E-state index >= 15 is 0 Å². The highest BCUT2D eigenvalue weighted by Gasteiger charge is 2.33. The average Bonchev–Trinajstić information content (AvgIpc) is 3.37. The second-order valence-electron chi connectivity index (χ2n) is 7.70. The van der Waals surface area contributed by atoms with Gasteiger partial charge in [-0.2, -0.15) is 4.68 Å². The SMILES string of the molecule is CS(=O)(=O)NCC1CCN(c2c(F)cc3c(=O)n(N)c(=O)n(C4CC4)c3c2Cl)C1. The van der Waals surface area contributed by atoms with E-state index in [1.165, 1.54) is 4.57 Å². The van der Waals surface area contributed by atoms with Crippen LogP contribution in [0.1, 0.15) is 25.3 Å². The molecule has 2 aliphatic rings. The van der Waals surface area contributed by atoms with Gasteiger partial charge in [-0.3, -0.25) is 9.36 Å². The third kappa shape index (κ3) is 3.62. The first-order chi connectivity index (χ1) is 13.6. The standard InChI is InChI=1S/C17H21ClFN5O4S/c1-29(27,28)21-7-9-4-5-22(8-9)15-12(19)6-11-14(13(15)18)23(10-2-3-10)17(26)24(20)16(11)25/h6,9-10,21H,2-5,7-8,20H2,1H3. The van der Waals surface area contributed by atoms with Crippen LogP contribution in [0, 0.1) is 11.7 Å². The lowest BCUT2D eigenvalue weighted by atomic mass is 10.1. The highest BCUT2D eigenvalue weighted by atomic mass is 35.5. The van der Waals surface area contributed by atoms with Gasteiger partial charge in [-0.1, -0.05) is 11.6 Å². The Morgan fingerprint density at radius 1 is 1.31 bits per heavy atom. The van der Waals surface area contributed by atoms with E-state index in [9.17, 15) is 22.4 Å². The summed E-state index contributed by atoms with van der Waals surface area (Å²) in [5, 5.41) is -0.0434. The number of hydrogen-bond acceptors (Lipinski definition) is 6. The molecule has 0 radical (unpaired) electrons. The predicted molar refractivity (Wildman–Crippen MR) is 109 cm³/mol. The van der Waals surface area contributed by atoms with E-state index < -0.39 is 27.1 Å². The minimum Gasteiger partial charge on any atom is -0.368 e. The predicted octanol–water partition coefficient (Wildman–Crippen LogP) is 0.380. The van der Waals surface area contributed by atoms with Gasteiger partial charge in [0, 0.05) is 25.7 Å². The maximum atomic E-state index is 15.0. The van der Waals surface area contributed by atoms with Gasteiger partial charge in [0.15, 0.2) is 0 Å². The molecule has 0 bridgehead atoms. The van der Waals surface area contributed by atoms with E-state index in [-0.39, 0.29) is 40.1 Å². The quantitative estimate of drug-likeness (QED) is 0.642. The van der Waals surface area contributed by atoms with Crippen molar-refractivity contribution in [3.05, 3.63) is 37.7 Å². The Kier molecular flexibility index (Phi) is 4.87. The van der Waals surface area contributed by atoms with Crippen molar-refractivity contribution in [3.63, 3.8) is 0 Å². The average molecular weight is 446 g/mol. The number of fused-ring (bicyclic) bond motifs is 1. The number of nitrogens with one attached hydrogen (secondary N) is 1. The number of hydrogen-bond donors (Lipinski definition) is 2. The number of benzene rings is 1. The van der Waals surface area contributed by atoms with E-state index in [0.717, 1.165) is 25.2 Å². The second-order valence-corrected chi connectivity index (χ2v) is 9.91. The summed E-state index contributed by atoms with van der Waals surface area (Å²) in [4.78, 5) is 26.7. The summed E-state index contributed by atoms with van der Waals surface area (Å²) in [6.07, 6.45) is 3.23. The van der Waals surface area contributed by atoms with Gasteiger partial charge in [0.1, 0.15) is 5.82 Å². The number of aromatic nitrogens is 2. The van der Waals surface area contributed by atoms with Crippen LogP contribution < -0.4 is 26.7 Å². The molecule has 2 heterocycles. The fourth-order valence-electron chi connectivity index (χ4n) is 3.86. The van der Waals surface area contributed by atoms with Crippen LogP contribution >= 0.6 is 11.6 Å².